The second kappa shape index (κ2) is 10.9. The highest BCUT2D eigenvalue weighted by atomic mass is 16.5. The maximum atomic E-state index is 11.8. The lowest BCUT2D eigenvalue weighted by atomic mass is 10.1. The minimum atomic E-state index is -0.160. The number of carbonyl (C=O) groups excluding carboxylic acids is 1. The fourth-order valence-corrected chi connectivity index (χ4v) is 1.55. The smallest absolute Gasteiger partial charge is 0.251 e. The third-order valence-electron chi connectivity index (χ3n) is 2.63. The number of benzene rings is 1. The average molecular weight is 291 g/mol. The van der Waals surface area contributed by atoms with Crippen molar-refractivity contribution in [2.75, 3.05) is 46.7 Å². The summed E-state index contributed by atoms with van der Waals surface area (Å²) in [4.78, 5) is 11.8. The Morgan fingerprint density at radius 1 is 1.19 bits per heavy atom. The Morgan fingerprint density at radius 2 is 1.90 bits per heavy atom. The molecule has 1 rings (SSSR count). The van der Waals surface area contributed by atoms with Gasteiger partial charge in [0, 0.05) is 24.8 Å². The zero-order chi connectivity index (χ0) is 15.3. The van der Waals surface area contributed by atoms with Crippen molar-refractivity contribution in [2.45, 2.75) is 0 Å². The lowest BCUT2D eigenvalue weighted by Crippen LogP contribution is -2.27. The first-order valence-corrected chi connectivity index (χ1v) is 6.77. The monoisotopic (exact) mass is 291 g/mol. The fraction of sp³-hybridized carbons (Fsp3) is 0.438. The van der Waals surface area contributed by atoms with Gasteiger partial charge in [-0.1, -0.05) is 12.0 Å². The molecule has 21 heavy (non-hydrogen) atoms. The number of rotatable bonds is 10. The molecule has 1 N–H and O–H groups in total. The normalized spacial score (nSPS) is 10.1. The van der Waals surface area contributed by atoms with E-state index < -0.39 is 0 Å². The van der Waals surface area contributed by atoms with E-state index in [1.165, 1.54) is 0 Å². The summed E-state index contributed by atoms with van der Waals surface area (Å²) in [5.74, 6) is 2.34. The van der Waals surface area contributed by atoms with Gasteiger partial charge in [0.2, 0.25) is 0 Å². The number of hydrogen-bond acceptors (Lipinski definition) is 4. The van der Waals surface area contributed by atoms with Gasteiger partial charge in [-0.05, 0) is 18.2 Å². The summed E-state index contributed by atoms with van der Waals surface area (Å²) in [5, 5.41) is 2.77. The molecule has 1 amide bonds. The molecule has 0 saturated heterocycles. The highest BCUT2D eigenvalue weighted by molar-refractivity contribution is 5.94. The summed E-state index contributed by atoms with van der Waals surface area (Å²) in [6, 6.07) is 6.95. The van der Waals surface area contributed by atoms with Gasteiger partial charge >= 0.3 is 0 Å². The van der Waals surface area contributed by atoms with Crippen LogP contribution in [0.3, 0.4) is 0 Å². The molecule has 0 fully saturated rings. The van der Waals surface area contributed by atoms with Gasteiger partial charge < -0.3 is 19.5 Å². The first kappa shape index (κ1) is 17.2. The second-order valence-corrected chi connectivity index (χ2v) is 4.20. The van der Waals surface area contributed by atoms with Gasteiger partial charge in [-0.25, -0.2) is 0 Å². The molecule has 0 aliphatic rings. The molecule has 0 aromatic heterocycles. The SMILES string of the molecule is C#Cc1cccc(C(=O)NCCOCCOCCOC)c1. The van der Waals surface area contributed by atoms with Gasteiger partial charge in [-0.3, -0.25) is 4.79 Å². The third kappa shape index (κ3) is 7.47. The van der Waals surface area contributed by atoms with Crippen molar-refractivity contribution in [1.82, 2.24) is 5.32 Å². The quantitative estimate of drug-likeness (QED) is 0.518. The van der Waals surface area contributed by atoms with E-state index in [1.807, 2.05) is 0 Å². The Bertz CT molecular complexity index is 468. The molecule has 114 valence electrons. The molecule has 0 radical (unpaired) electrons. The van der Waals surface area contributed by atoms with Crippen LogP contribution in [0.5, 0.6) is 0 Å². The molecule has 0 spiro atoms. The first-order chi connectivity index (χ1) is 10.3. The average Bonchev–Trinajstić information content (AvgIpc) is 2.53. The molecule has 0 unspecified atom stereocenters. The van der Waals surface area contributed by atoms with Gasteiger partial charge in [0.15, 0.2) is 0 Å². The molecule has 0 heterocycles. The van der Waals surface area contributed by atoms with E-state index in [0.717, 1.165) is 0 Å². The van der Waals surface area contributed by atoms with Crippen molar-refractivity contribution in [3.63, 3.8) is 0 Å². The Labute approximate surface area is 125 Å². The number of methoxy groups -OCH3 is 1. The minimum absolute atomic E-state index is 0.160. The zero-order valence-electron chi connectivity index (χ0n) is 12.3. The van der Waals surface area contributed by atoms with E-state index in [9.17, 15) is 4.79 Å². The molecule has 5 heteroatoms. The van der Waals surface area contributed by atoms with Gasteiger partial charge in [0.25, 0.3) is 5.91 Å². The molecule has 1 aromatic carbocycles. The summed E-state index contributed by atoms with van der Waals surface area (Å²) < 4.78 is 15.4. The molecule has 5 nitrogen and oxygen atoms in total. The third-order valence-corrected chi connectivity index (χ3v) is 2.63. The number of nitrogens with one attached hydrogen (secondary N) is 1. The van der Waals surface area contributed by atoms with Crippen LogP contribution >= 0.6 is 0 Å². The van der Waals surface area contributed by atoms with Gasteiger partial charge in [-0.15, -0.1) is 6.42 Å². The molecule has 0 bridgehead atoms. The molecule has 1 aromatic rings. The van der Waals surface area contributed by atoms with Crippen LogP contribution < -0.4 is 5.32 Å². The number of terminal acetylenes is 1. The molecule has 0 aliphatic carbocycles. The highest BCUT2D eigenvalue weighted by Crippen LogP contribution is 2.03. The summed E-state index contributed by atoms with van der Waals surface area (Å²) >= 11 is 0. The van der Waals surface area contributed by atoms with E-state index in [0.29, 0.717) is 50.7 Å². The van der Waals surface area contributed by atoms with E-state index in [1.54, 1.807) is 31.4 Å². The van der Waals surface area contributed by atoms with Crippen LogP contribution in [0, 0.1) is 12.3 Å². The van der Waals surface area contributed by atoms with E-state index in [-0.39, 0.29) is 5.91 Å². The van der Waals surface area contributed by atoms with Crippen molar-refractivity contribution in [2.24, 2.45) is 0 Å². The van der Waals surface area contributed by atoms with Crippen molar-refractivity contribution in [3.05, 3.63) is 35.4 Å². The number of amides is 1. The van der Waals surface area contributed by atoms with Crippen LogP contribution in [0.4, 0.5) is 0 Å². The Kier molecular flexibility index (Phi) is 8.89. The number of hydrogen-bond donors (Lipinski definition) is 1. The minimum Gasteiger partial charge on any atom is -0.382 e. The topological polar surface area (TPSA) is 56.8 Å². The van der Waals surface area contributed by atoms with Crippen molar-refractivity contribution in [1.29, 1.82) is 0 Å². The first-order valence-electron chi connectivity index (χ1n) is 6.77. The molecule has 0 aliphatic heterocycles. The Morgan fingerprint density at radius 3 is 2.62 bits per heavy atom. The van der Waals surface area contributed by atoms with Gasteiger partial charge in [-0.2, -0.15) is 0 Å². The van der Waals surface area contributed by atoms with E-state index in [2.05, 4.69) is 11.2 Å². The lowest BCUT2D eigenvalue weighted by molar-refractivity contribution is 0.0255. The van der Waals surface area contributed by atoms with Crippen LogP contribution in [-0.4, -0.2) is 52.6 Å². The van der Waals surface area contributed by atoms with E-state index >= 15 is 0 Å². The van der Waals surface area contributed by atoms with Crippen molar-refractivity contribution in [3.8, 4) is 12.3 Å². The standard InChI is InChI=1S/C16H21NO4/c1-3-14-5-4-6-15(13-14)16(18)17-7-8-20-11-12-21-10-9-19-2/h1,4-6,13H,7-12H2,2H3,(H,17,18). The summed E-state index contributed by atoms with van der Waals surface area (Å²) in [6.07, 6.45) is 5.30. The van der Waals surface area contributed by atoms with Crippen molar-refractivity contribution >= 4 is 5.91 Å². The summed E-state index contributed by atoms with van der Waals surface area (Å²) in [5.41, 5.74) is 1.24. The molecule has 0 atom stereocenters. The van der Waals surface area contributed by atoms with Crippen LogP contribution in [0.25, 0.3) is 0 Å². The number of ether oxygens (including phenoxy) is 3. The highest BCUT2D eigenvalue weighted by Gasteiger charge is 2.04. The maximum Gasteiger partial charge on any atom is 0.251 e. The Hall–Kier alpha value is -1.87. The zero-order valence-corrected chi connectivity index (χ0v) is 12.3. The largest absolute Gasteiger partial charge is 0.382 e. The lowest BCUT2D eigenvalue weighted by Gasteiger charge is -2.07. The van der Waals surface area contributed by atoms with Crippen LogP contribution in [0.1, 0.15) is 15.9 Å². The summed E-state index contributed by atoms with van der Waals surface area (Å²) in [7, 11) is 1.63. The van der Waals surface area contributed by atoms with Crippen molar-refractivity contribution < 1.29 is 19.0 Å². The van der Waals surface area contributed by atoms with Crippen LogP contribution in [0.15, 0.2) is 24.3 Å². The van der Waals surface area contributed by atoms with Crippen LogP contribution in [0.2, 0.25) is 0 Å². The van der Waals surface area contributed by atoms with Gasteiger partial charge in [0.1, 0.15) is 0 Å². The molecular formula is C16H21NO4. The maximum absolute atomic E-state index is 11.8. The molecule has 0 saturated carbocycles. The molecular weight excluding hydrogens is 270 g/mol. The Balaban J connectivity index is 2.10. The predicted octanol–water partition coefficient (Wildman–Crippen LogP) is 1.08. The number of carbonyl (C=O) groups is 1. The summed E-state index contributed by atoms with van der Waals surface area (Å²) in [6.45, 7) is 3.02. The van der Waals surface area contributed by atoms with Crippen LogP contribution in [-0.2, 0) is 14.2 Å². The van der Waals surface area contributed by atoms with E-state index in [4.69, 9.17) is 20.6 Å². The predicted molar refractivity (Wildman–Crippen MR) is 80.2 cm³/mol. The fourth-order valence-electron chi connectivity index (χ4n) is 1.55. The van der Waals surface area contributed by atoms with Gasteiger partial charge in [0.05, 0.1) is 33.0 Å². The second-order valence-electron chi connectivity index (χ2n) is 4.20.